The monoisotopic (exact) mass is 218 g/mol. The number of fused-ring (bicyclic) bond motifs is 1. The molecule has 0 aromatic rings. The molecule has 0 saturated heterocycles. The smallest absolute Gasteiger partial charge is 0.159 e. The summed E-state index contributed by atoms with van der Waals surface area (Å²) in [5.41, 5.74) is 1.69. The maximum absolute atomic E-state index is 12.2. The van der Waals surface area contributed by atoms with E-state index in [-0.39, 0.29) is 0 Å². The number of ketones is 1. The van der Waals surface area contributed by atoms with Gasteiger partial charge in [-0.3, -0.25) is 4.79 Å². The minimum Gasteiger partial charge on any atom is -0.295 e. The van der Waals surface area contributed by atoms with Crippen molar-refractivity contribution in [3.8, 4) is 0 Å². The SMILES string of the molecule is CC1=CC(=O)[C@H]2C3C1C2(C)CC[C@H]3C(C)C. The van der Waals surface area contributed by atoms with E-state index in [0.717, 1.165) is 17.8 Å². The summed E-state index contributed by atoms with van der Waals surface area (Å²) < 4.78 is 0. The predicted molar refractivity (Wildman–Crippen MR) is 64.9 cm³/mol. The molecule has 1 heteroatoms. The van der Waals surface area contributed by atoms with Crippen LogP contribution in [0.15, 0.2) is 11.6 Å². The molecule has 4 rings (SSSR count). The van der Waals surface area contributed by atoms with Crippen LogP contribution in [0.1, 0.15) is 40.5 Å². The third-order valence-electron chi connectivity index (χ3n) is 5.72. The maximum Gasteiger partial charge on any atom is 0.159 e. The van der Waals surface area contributed by atoms with Crippen molar-refractivity contribution >= 4 is 5.78 Å². The lowest BCUT2D eigenvalue weighted by molar-refractivity contribution is -0.186. The first kappa shape index (κ1) is 10.6. The average molecular weight is 218 g/mol. The first-order valence-electron chi connectivity index (χ1n) is 6.69. The highest BCUT2D eigenvalue weighted by Crippen LogP contribution is 2.70. The second-order valence-corrected chi connectivity index (χ2v) is 6.78. The zero-order valence-electron chi connectivity index (χ0n) is 10.8. The van der Waals surface area contributed by atoms with E-state index in [4.69, 9.17) is 0 Å². The van der Waals surface area contributed by atoms with Crippen molar-refractivity contribution in [2.24, 2.45) is 35.0 Å². The van der Waals surface area contributed by atoms with Crippen LogP contribution in [0.3, 0.4) is 0 Å². The highest BCUT2D eigenvalue weighted by molar-refractivity contribution is 5.96. The van der Waals surface area contributed by atoms with Crippen molar-refractivity contribution in [3.63, 3.8) is 0 Å². The van der Waals surface area contributed by atoms with Gasteiger partial charge < -0.3 is 0 Å². The third kappa shape index (κ3) is 1.00. The van der Waals surface area contributed by atoms with Crippen molar-refractivity contribution in [3.05, 3.63) is 11.6 Å². The van der Waals surface area contributed by atoms with Crippen molar-refractivity contribution in [2.75, 3.05) is 0 Å². The summed E-state index contributed by atoms with van der Waals surface area (Å²) in [6.07, 6.45) is 4.53. The van der Waals surface area contributed by atoms with Gasteiger partial charge in [-0.25, -0.2) is 0 Å². The molecule has 0 heterocycles. The number of rotatable bonds is 1. The van der Waals surface area contributed by atoms with E-state index in [1.54, 1.807) is 0 Å². The Morgan fingerprint density at radius 2 is 2.06 bits per heavy atom. The molecule has 88 valence electrons. The summed E-state index contributed by atoms with van der Waals surface area (Å²) in [6.45, 7) is 9.17. The number of hydrogen-bond acceptors (Lipinski definition) is 1. The molecule has 0 N–H and O–H groups in total. The van der Waals surface area contributed by atoms with Crippen LogP contribution < -0.4 is 0 Å². The van der Waals surface area contributed by atoms with Gasteiger partial charge in [0, 0.05) is 5.92 Å². The maximum atomic E-state index is 12.2. The molecule has 1 nitrogen and oxygen atoms in total. The molecule has 5 atom stereocenters. The number of carbonyl (C=O) groups excluding carboxylic acids is 1. The minimum absolute atomic E-state index is 0.325. The highest BCUT2D eigenvalue weighted by Gasteiger charge is 2.68. The van der Waals surface area contributed by atoms with E-state index >= 15 is 0 Å². The van der Waals surface area contributed by atoms with Crippen LogP contribution in [0.4, 0.5) is 0 Å². The molecule has 0 radical (unpaired) electrons. The van der Waals surface area contributed by atoms with Crippen LogP contribution in [0.5, 0.6) is 0 Å². The van der Waals surface area contributed by atoms with Gasteiger partial charge in [-0.15, -0.1) is 0 Å². The molecule has 2 saturated carbocycles. The molecule has 0 amide bonds. The van der Waals surface area contributed by atoms with Gasteiger partial charge in [-0.05, 0) is 54.9 Å². The van der Waals surface area contributed by atoms with Gasteiger partial charge in [-0.2, -0.15) is 0 Å². The Bertz CT molecular complexity index is 379. The Kier molecular flexibility index (Phi) is 1.98. The molecule has 4 aliphatic rings. The van der Waals surface area contributed by atoms with Gasteiger partial charge in [-0.1, -0.05) is 26.3 Å². The van der Waals surface area contributed by atoms with Gasteiger partial charge in [0.05, 0.1) is 0 Å². The van der Waals surface area contributed by atoms with Crippen LogP contribution in [-0.4, -0.2) is 5.78 Å². The summed E-state index contributed by atoms with van der Waals surface area (Å²) in [4.78, 5) is 12.2. The molecule has 0 aromatic heterocycles. The molecule has 4 aliphatic carbocycles. The molecule has 2 fully saturated rings. The minimum atomic E-state index is 0.325. The normalized spacial score (nSPS) is 50.1. The van der Waals surface area contributed by atoms with Gasteiger partial charge in [0.25, 0.3) is 0 Å². The number of hydrogen-bond donors (Lipinski definition) is 0. The Hall–Kier alpha value is -0.590. The number of carbonyl (C=O) groups is 1. The molecule has 4 bridgehead atoms. The van der Waals surface area contributed by atoms with E-state index in [0.29, 0.717) is 23.0 Å². The lowest BCUT2D eigenvalue weighted by Crippen LogP contribution is -2.66. The van der Waals surface area contributed by atoms with E-state index in [1.807, 2.05) is 6.08 Å². The zero-order chi connectivity index (χ0) is 11.7. The van der Waals surface area contributed by atoms with Crippen molar-refractivity contribution in [2.45, 2.75) is 40.5 Å². The summed E-state index contributed by atoms with van der Waals surface area (Å²) in [5, 5.41) is 0. The van der Waals surface area contributed by atoms with Crippen molar-refractivity contribution < 1.29 is 4.79 Å². The molecule has 0 aliphatic heterocycles. The fourth-order valence-corrected chi connectivity index (χ4v) is 5.14. The second kappa shape index (κ2) is 3.00. The molecule has 0 aromatic carbocycles. The van der Waals surface area contributed by atoms with E-state index < -0.39 is 0 Å². The lowest BCUT2D eigenvalue weighted by atomic mass is 9.34. The molecule has 3 unspecified atom stereocenters. The van der Waals surface area contributed by atoms with Crippen molar-refractivity contribution in [1.29, 1.82) is 0 Å². The molecule has 0 spiro atoms. The van der Waals surface area contributed by atoms with Gasteiger partial charge in [0.2, 0.25) is 0 Å². The van der Waals surface area contributed by atoms with Crippen LogP contribution in [0, 0.1) is 35.0 Å². The van der Waals surface area contributed by atoms with E-state index in [2.05, 4.69) is 27.7 Å². The predicted octanol–water partition coefficient (Wildman–Crippen LogP) is 3.45. The van der Waals surface area contributed by atoms with Crippen LogP contribution >= 0.6 is 0 Å². The quantitative estimate of drug-likeness (QED) is 0.659. The lowest BCUT2D eigenvalue weighted by Gasteiger charge is -2.69. The molecule has 16 heavy (non-hydrogen) atoms. The van der Waals surface area contributed by atoms with E-state index in [9.17, 15) is 4.79 Å². The summed E-state index contributed by atoms with van der Waals surface area (Å²) in [7, 11) is 0. The Labute approximate surface area is 98.3 Å². The van der Waals surface area contributed by atoms with Crippen LogP contribution in [0.2, 0.25) is 0 Å². The standard InChI is InChI=1S/C15H22O/c1-8(2)10-5-6-15(4)13-9(3)7-11(16)14(15)12(10)13/h7-8,10,12-14H,5-6H2,1-4H3/t10-,12?,13?,14-,15?/m0/s1. The topological polar surface area (TPSA) is 17.1 Å². The third-order valence-corrected chi connectivity index (χ3v) is 5.72. The fraction of sp³-hybridized carbons (Fsp3) is 0.800. The van der Waals surface area contributed by atoms with Crippen molar-refractivity contribution in [1.82, 2.24) is 0 Å². The van der Waals surface area contributed by atoms with E-state index in [1.165, 1.54) is 18.4 Å². The van der Waals surface area contributed by atoms with Crippen LogP contribution in [0.25, 0.3) is 0 Å². The zero-order valence-corrected chi connectivity index (χ0v) is 10.8. The largest absolute Gasteiger partial charge is 0.295 e. The Morgan fingerprint density at radius 1 is 1.38 bits per heavy atom. The highest BCUT2D eigenvalue weighted by atomic mass is 16.1. The average Bonchev–Trinajstić information content (AvgIpc) is 2.15. The fourth-order valence-electron chi connectivity index (χ4n) is 5.14. The Morgan fingerprint density at radius 3 is 2.62 bits per heavy atom. The van der Waals surface area contributed by atoms with Crippen LogP contribution in [-0.2, 0) is 4.79 Å². The molecular formula is C15H22O. The summed E-state index contributed by atoms with van der Waals surface area (Å²) in [6, 6.07) is 0. The first-order chi connectivity index (χ1) is 7.47. The summed E-state index contributed by atoms with van der Waals surface area (Å²) in [5.74, 6) is 3.70. The van der Waals surface area contributed by atoms with Gasteiger partial charge >= 0.3 is 0 Å². The molecular weight excluding hydrogens is 196 g/mol. The second-order valence-electron chi connectivity index (χ2n) is 6.78. The number of allylic oxidation sites excluding steroid dienone is 2. The van der Waals surface area contributed by atoms with Gasteiger partial charge in [0.1, 0.15) is 0 Å². The summed E-state index contributed by atoms with van der Waals surface area (Å²) >= 11 is 0. The first-order valence-corrected chi connectivity index (χ1v) is 6.69. The Balaban J connectivity index is 2.02. The van der Waals surface area contributed by atoms with Gasteiger partial charge in [0.15, 0.2) is 5.78 Å².